The first-order valence-corrected chi connectivity index (χ1v) is 5.45. The van der Waals surface area contributed by atoms with Crippen LogP contribution in [0.5, 0.6) is 0 Å². The zero-order valence-electron chi connectivity index (χ0n) is 8.47. The van der Waals surface area contributed by atoms with E-state index in [0.717, 1.165) is 12.3 Å². The average Bonchev–Trinajstić information content (AvgIpc) is 2.21. The van der Waals surface area contributed by atoms with Crippen LogP contribution in [-0.2, 0) is 0 Å². The van der Waals surface area contributed by atoms with Gasteiger partial charge in [-0.25, -0.2) is 0 Å². The summed E-state index contributed by atoms with van der Waals surface area (Å²) in [4.78, 5) is 0. The van der Waals surface area contributed by atoms with Gasteiger partial charge < -0.3 is 0 Å². The Bertz CT molecular complexity index is 179. The van der Waals surface area contributed by atoms with E-state index in [2.05, 4.69) is 12.5 Å². The minimum absolute atomic E-state index is 0.307. The maximum Gasteiger partial charge on any atom is 0.0377 e. The fourth-order valence-electron chi connectivity index (χ4n) is 2.16. The maximum absolute atomic E-state index is 5.38. The zero-order valence-corrected chi connectivity index (χ0v) is 8.47. The first-order valence-electron chi connectivity index (χ1n) is 5.45. The molecule has 72 valence electrons. The lowest BCUT2D eigenvalue weighted by Crippen LogP contribution is -2.07. The van der Waals surface area contributed by atoms with Crippen LogP contribution < -0.4 is 0 Å². The van der Waals surface area contributed by atoms with Crippen molar-refractivity contribution in [3.8, 4) is 12.3 Å². The SMILES string of the molecule is C#CC(C=C)CCC1CCCCC1. The van der Waals surface area contributed by atoms with Gasteiger partial charge in [0.1, 0.15) is 0 Å². The Balaban J connectivity index is 2.17. The van der Waals surface area contributed by atoms with E-state index >= 15 is 0 Å². The highest BCUT2D eigenvalue weighted by molar-refractivity contribution is 5.01. The molecular formula is C13H20. The molecule has 1 fully saturated rings. The summed E-state index contributed by atoms with van der Waals surface area (Å²) < 4.78 is 0. The molecule has 1 atom stereocenters. The van der Waals surface area contributed by atoms with Crippen molar-refractivity contribution in [2.24, 2.45) is 11.8 Å². The quantitative estimate of drug-likeness (QED) is 0.451. The lowest BCUT2D eigenvalue weighted by atomic mass is 9.84. The van der Waals surface area contributed by atoms with Gasteiger partial charge in [0, 0.05) is 5.92 Å². The zero-order chi connectivity index (χ0) is 9.52. The summed E-state index contributed by atoms with van der Waals surface area (Å²) in [6.45, 7) is 3.75. The Kier molecular flexibility index (Phi) is 4.68. The molecule has 0 spiro atoms. The normalized spacial score (nSPS) is 20.5. The van der Waals surface area contributed by atoms with Crippen LogP contribution in [0.1, 0.15) is 44.9 Å². The van der Waals surface area contributed by atoms with E-state index in [0.29, 0.717) is 5.92 Å². The Morgan fingerprint density at radius 3 is 2.62 bits per heavy atom. The molecular weight excluding hydrogens is 156 g/mol. The predicted octanol–water partition coefficient (Wildman–Crippen LogP) is 3.78. The fourth-order valence-corrected chi connectivity index (χ4v) is 2.16. The molecule has 0 radical (unpaired) electrons. The number of rotatable bonds is 4. The molecule has 1 saturated carbocycles. The van der Waals surface area contributed by atoms with Crippen LogP contribution in [-0.4, -0.2) is 0 Å². The van der Waals surface area contributed by atoms with Crippen molar-refractivity contribution in [1.29, 1.82) is 0 Å². The molecule has 0 aromatic carbocycles. The molecule has 0 aromatic rings. The van der Waals surface area contributed by atoms with E-state index in [1.807, 2.05) is 6.08 Å². The van der Waals surface area contributed by atoms with Crippen LogP contribution in [0.4, 0.5) is 0 Å². The van der Waals surface area contributed by atoms with Gasteiger partial charge in [-0.2, -0.15) is 0 Å². The van der Waals surface area contributed by atoms with Gasteiger partial charge in [-0.15, -0.1) is 13.0 Å². The van der Waals surface area contributed by atoms with Gasteiger partial charge in [-0.1, -0.05) is 44.1 Å². The van der Waals surface area contributed by atoms with Gasteiger partial charge in [0.15, 0.2) is 0 Å². The molecule has 0 N–H and O–H groups in total. The standard InChI is InChI=1S/C13H20/c1-3-12(4-2)10-11-13-8-6-5-7-9-13/h1,4,12-13H,2,5-11H2. The van der Waals surface area contributed by atoms with Crippen molar-refractivity contribution in [3.63, 3.8) is 0 Å². The third-order valence-electron chi connectivity index (χ3n) is 3.11. The average molecular weight is 176 g/mol. The Morgan fingerprint density at radius 2 is 2.08 bits per heavy atom. The second-order valence-corrected chi connectivity index (χ2v) is 4.09. The predicted molar refractivity (Wildman–Crippen MR) is 58.3 cm³/mol. The van der Waals surface area contributed by atoms with Crippen LogP contribution in [0.3, 0.4) is 0 Å². The van der Waals surface area contributed by atoms with E-state index < -0.39 is 0 Å². The first-order chi connectivity index (χ1) is 6.36. The van der Waals surface area contributed by atoms with Crippen molar-refractivity contribution in [1.82, 2.24) is 0 Å². The molecule has 0 heterocycles. The lowest BCUT2D eigenvalue weighted by molar-refractivity contribution is 0.327. The van der Waals surface area contributed by atoms with Crippen LogP contribution in [0.2, 0.25) is 0 Å². The van der Waals surface area contributed by atoms with E-state index in [9.17, 15) is 0 Å². The summed E-state index contributed by atoms with van der Waals surface area (Å²) in [5.41, 5.74) is 0. The minimum atomic E-state index is 0.307. The summed E-state index contributed by atoms with van der Waals surface area (Å²) in [6.07, 6.45) is 16.9. The molecule has 0 heteroatoms. The van der Waals surface area contributed by atoms with Gasteiger partial charge in [0.2, 0.25) is 0 Å². The van der Waals surface area contributed by atoms with Gasteiger partial charge in [-0.3, -0.25) is 0 Å². The third-order valence-corrected chi connectivity index (χ3v) is 3.11. The van der Waals surface area contributed by atoms with Crippen LogP contribution in [0.25, 0.3) is 0 Å². The molecule has 0 saturated heterocycles. The molecule has 0 bridgehead atoms. The van der Waals surface area contributed by atoms with Gasteiger partial charge in [0.05, 0.1) is 0 Å². The topological polar surface area (TPSA) is 0 Å². The lowest BCUT2D eigenvalue weighted by Gasteiger charge is -2.21. The van der Waals surface area contributed by atoms with E-state index in [1.54, 1.807) is 0 Å². The second-order valence-electron chi connectivity index (χ2n) is 4.09. The monoisotopic (exact) mass is 176 g/mol. The Labute approximate surface area is 82.4 Å². The molecule has 13 heavy (non-hydrogen) atoms. The van der Waals surface area contributed by atoms with Crippen molar-refractivity contribution in [3.05, 3.63) is 12.7 Å². The largest absolute Gasteiger partial charge is 0.119 e. The van der Waals surface area contributed by atoms with Gasteiger partial charge in [-0.05, 0) is 18.8 Å². The molecule has 0 nitrogen and oxygen atoms in total. The molecule has 1 aliphatic carbocycles. The van der Waals surface area contributed by atoms with E-state index in [-0.39, 0.29) is 0 Å². The van der Waals surface area contributed by atoms with Crippen molar-refractivity contribution in [2.45, 2.75) is 44.9 Å². The second kappa shape index (κ2) is 5.86. The molecule has 1 aliphatic rings. The Hall–Kier alpha value is -0.700. The van der Waals surface area contributed by atoms with Crippen molar-refractivity contribution >= 4 is 0 Å². The number of hydrogen-bond donors (Lipinski definition) is 0. The first kappa shape index (κ1) is 10.4. The smallest absolute Gasteiger partial charge is 0.0377 e. The summed E-state index contributed by atoms with van der Waals surface area (Å²) in [5.74, 6) is 4.03. The van der Waals surface area contributed by atoms with E-state index in [4.69, 9.17) is 6.42 Å². The summed E-state index contributed by atoms with van der Waals surface area (Å²) in [5, 5.41) is 0. The molecule has 0 aliphatic heterocycles. The van der Waals surface area contributed by atoms with Gasteiger partial charge >= 0.3 is 0 Å². The van der Waals surface area contributed by atoms with E-state index in [1.165, 1.54) is 38.5 Å². The van der Waals surface area contributed by atoms with Crippen molar-refractivity contribution < 1.29 is 0 Å². The maximum atomic E-state index is 5.38. The number of hydrogen-bond acceptors (Lipinski definition) is 0. The minimum Gasteiger partial charge on any atom is -0.119 e. The molecule has 1 unspecified atom stereocenters. The molecule has 0 aromatic heterocycles. The van der Waals surface area contributed by atoms with Gasteiger partial charge in [0.25, 0.3) is 0 Å². The summed E-state index contributed by atoms with van der Waals surface area (Å²) in [6, 6.07) is 0. The highest BCUT2D eigenvalue weighted by Gasteiger charge is 2.13. The van der Waals surface area contributed by atoms with Crippen LogP contribution >= 0.6 is 0 Å². The van der Waals surface area contributed by atoms with Crippen LogP contribution in [0, 0.1) is 24.2 Å². The van der Waals surface area contributed by atoms with Crippen LogP contribution in [0.15, 0.2) is 12.7 Å². The fraction of sp³-hybridized carbons (Fsp3) is 0.692. The molecule has 0 amide bonds. The van der Waals surface area contributed by atoms with Crippen molar-refractivity contribution in [2.75, 3.05) is 0 Å². The highest BCUT2D eigenvalue weighted by Crippen LogP contribution is 2.28. The number of terminal acetylenes is 1. The highest BCUT2D eigenvalue weighted by atomic mass is 14.2. The Morgan fingerprint density at radius 1 is 1.38 bits per heavy atom. The summed E-state index contributed by atoms with van der Waals surface area (Å²) >= 11 is 0. The number of allylic oxidation sites excluding steroid dienone is 1. The molecule has 1 rings (SSSR count). The third kappa shape index (κ3) is 3.68. The summed E-state index contributed by atoms with van der Waals surface area (Å²) in [7, 11) is 0.